The molecule has 0 bridgehead atoms. The molecular formula is C9H7ClN2O6. The van der Waals surface area contributed by atoms with Crippen LogP contribution in [-0.2, 0) is 4.74 Å². The van der Waals surface area contributed by atoms with E-state index in [2.05, 4.69) is 4.74 Å². The molecule has 0 radical (unpaired) electrons. The minimum Gasteiger partial charge on any atom is -0.462 e. The topological polar surface area (TPSA) is 113 Å². The normalized spacial score (nSPS) is 9.89. The third kappa shape index (κ3) is 2.54. The molecule has 9 heteroatoms. The summed E-state index contributed by atoms with van der Waals surface area (Å²) in [5, 5.41) is 21.2. The molecule has 0 unspecified atom stereocenters. The number of benzene rings is 1. The Morgan fingerprint density at radius 1 is 1.33 bits per heavy atom. The van der Waals surface area contributed by atoms with Gasteiger partial charge in [0.1, 0.15) is 5.02 Å². The van der Waals surface area contributed by atoms with Gasteiger partial charge in [-0.05, 0) is 13.0 Å². The van der Waals surface area contributed by atoms with E-state index in [1.54, 1.807) is 0 Å². The molecule has 96 valence electrons. The summed E-state index contributed by atoms with van der Waals surface area (Å²) in [5.74, 6) is -1.15. The van der Waals surface area contributed by atoms with Crippen molar-refractivity contribution in [2.75, 3.05) is 6.61 Å². The van der Waals surface area contributed by atoms with Crippen molar-refractivity contribution in [3.8, 4) is 0 Å². The number of nitro benzene ring substituents is 2. The molecule has 1 aromatic carbocycles. The van der Waals surface area contributed by atoms with Crippen LogP contribution in [0.3, 0.4) is 0 Å². The zero-order valence-electron chi connectivity index (χ0n) is 9.08. The number of rotatable bonds is 4. The number of carbonyl (C=O) groups excluding carboxylic acids is 1. The van der Waals surface area contributed by atoms with Crippen molar-refractivity contribution in [2.24, 2.45) is 0 Å². The number of esters is 1. The van der Waals surface area contributed by atoms with Crippen LogP contribution >= 0.6 is 11.6 Å². The van der Waals surface area contributed by atoms with Gasteiger partial charge in [-0.1, -0.05) is 11.6 Å². The van der Waals surface area contributed by atoms with Crippen molar-refractivity contribution in [2.45, 2.75) is 6.92 Å². The number of ether oxygens (including phenoxy) is 1. The van der Waals surface area contributed by atoms with Crippen molar-refractivity contribution in [1.82, 2.24) is 0 Å². The smallest absolute Gasteiger partial charge is 0.352 e. The number of hydrogen-bond acceptors (Lipinski definition) is 6. The lowest BCUT2D eigenvalue weighted by atomic mass is 10.1. The lowest BCUT2D eigenvalue weighted by Gasteiger charge is -2.04. The van der Waals surface area contributed by atoms with E-state index in [0.29, 0.717) is 0 Å². The Hall–Kier alpha value is -2.22. The van der Waals surface area contributed by atoms with Gasteiger partial charge in [-0.15, -0.1) is 0 Å². The van der Waals surface area contributed by atoms with Crippen LogP contribution < -0.4 is 0 Å². The second-order valence-corrected chi connectivity index (χ2v) is 3.43. The summed E-state index contributed by atoms with van der Waals surface area (Å²) in [6.07, 6.45) is 0. The van der Waals surface area contributed by atoms with Crippen LogP contribution in [0.15, 0.2) is 12.1 Å². The van der Waals surface area contributed by atoms with E-state index < -0.39 is 32.8 Å². The Morgan fingerprint density at radius 3 is 2.39 bits per heavy atom. The lowest BCUT2D eigenvalue weighted by Crippen LogP contribution is -2.11. The van der Waals surface area contributed by atoms with Gasteiger partial charge >= 0.3 is 11.7 Å². The maximum atomic E-state index is 11.6. The fourth-order valence-electron chi connectivity index (χ4n) is 1.29. The van der Waals surface area contributed by atoms with Gasteiger partial charge in [-0.25, -0.2) is 4.79 Å². The fraction of sp³-hybridized carbons (Fsp3) is 0.222. The second-order valence-electron chi connectivity index (χ2n) is 3.02. The van der Waals surface area contributed by atoms with Gasteiger partial charge in [0.15, 0.2) is 0 Å². The fourth-order valence-corrected chi connectivity index (χ4v) is 1.52. The van der Waals surface area contributed by atoms with Gasteiger partial charge in [0.2, 0.25) is 5.56 Å². The van der Waals surface area contributed by atoms with Crippen LogP contribution in [-0.4, -0.2) is 22.4 Å². The van der Waals surface area contributed by atoms with Crippen molar-refractivity contribution < 1.29 is 19.4 Å². The highest BCUT2D eigenvalue weighted by Gasteiger charge is 2.34. The minimum absolute atomic E-state index is 0.0698. The van der Waals surface area contributed by atoms with Crippen molar-refractivity contribution >= 4 is 28.9 Å². The Bertz CT molecular complexity index is 530. The Labute approximate surface area is 105 Å². The summed E-state index contributed by atoms with van der Waals surface area (Å²) < 4.78 is 4.56. The van der Waals surface area contributed by atoms with Crippen LogP contribution in [0.2, 0.25) is 5.02 Å². The van der Waals surface area contributed by atoms with E-state index in [1.165, 1.54) is 6.92 Å². The first-order chi connectivity index (χ1) is 8.40. The molecule has 1 aromatic rings. The average molecular weight is 275 g/mol. The number of nitrogens with zero attached hydrogens (tertiary/aromatic N) is 2. The molecule has 0 fully saturated rings. The largest absolute Gasteiger partial charge is 0.462 e. The summed E-state index contributed by atoms with van der Waals surface area (Å²) in [6, 6.07) is 1.90. The number of hydrogen-bond donors (Lipinski definition) is 0. The van der Waals surface area contributed by atoms with Gasteiger partial charge < -0.3 is 4.74 Å². The second kappa shape index (κ2) is 5.41. The summed E-state index contributed by atoms with van der Waals surface area (Å²) in [4.78, 5) is 31.3. The zero-order valence-corrected chi connectivity index (χ0v) is 9.84. The molecule has 0 heterocycles. The average Bonchev–Trinajstić information content (AvgIpc) is 2.27. The number of halogens is 1. The molecule has 0 aliphatic heterocycles. The van der Waals surface area contributed by atoms with Gasteiger partial charge in [-0.3, -0.25) is 20.2 Å². The molecule has 0 aromatic heterocycles. The molecular weight excluding hydrogens is 268 g/mol. The minimum atomic E-state index is -1.15. The monoisotopic (exact) mass is 274 g/mol. The molecule has 0 N–H and O–H groups in total. The van der Waals surface area contributed by atoms with Gasteiger partial charge in [0.25, 0.3) is 5.69 Å². The van der Waals surface area contributed by atoms with Crippen LogP contribution in [0.25, 0.3) is 0 Å². The Balaban J connectivity index is 3.58. The van der Waals surface area contributed by atoms with Crippen LogP contribution in [0, 0.1) is 20.2 Å². The molecule has 0 aliphatic carbocycles. The number of carbonyl (C=O) groups is 1. The quantitative estimate of drug-likeness (QED) is 0.473. The van der Waals surface area contributed by atoms with E-state index in [9.17, 15) is 25.0 Å². The van der Waals surface area contributed by atoms with Gasteiger partial charge in [0, 0.05) is 6.07 Å². The van der Waals surface area contributed by atoms with Crippen LogP contribution in [0.4, 0.5) is 11.4 Å². The van der Waals surface area contributed by atoms with Gasteiger partial charge in [-0.2, -0.15) is 0 Å². The van der Waals surface area contributed by atoms with Crippen molar-refractivity contribution in [3.05, 3.63) is 42.9 Å². The van der Waals surface area contributed by atoms with Crippen molar-refractivity contribution in [3.63, 3.8) is 0 Å². The van der Waals surface area contributed by atoms with Gasteiger partial charge in [0.05, 0.1) is 16.5 Å². The summed E-state index contributed by atoms with van der Waals surface area (Å²) >= 11 is 5.57. The first-order valence-electron chi connectivity index (χ1n) is 4.68. The SMILES string of the molecule is CCOC(=O)c1c([N+](=O)[O-])ccc(Cl)c1[N+](=O)[O-]. The molecule has 0 atom stereocenters. The van der Waals surface area contributed by atoms with Crippen molar-refractivity contribution in [1.29, 1.82) is 0 Å². The van der Waals surface area contributed by atoms with E-state index in [1.807, 2.05) is 0 Å². The first kappa shape index (κ1) is 13.8. The third-order valence-electron chi connectivity index (χ3n) is 1.97. The van der Waals surface area contributed by atoms with E-state index in [4.69, 9.17) is 11.6 Å². The summed E-state index contributed by atoms with van der Waals surface area (Å²) in [7, 11) is 0. The zero-order chi connectivity index (χ0) is 13.9. The first-order valence-corrected chi connectivity index (χ1v) is 5.06. The number of nitro groups is 2. The molecule has 8 nitrogen and oxygen atoms in total. The molecule has 0 saturated carbocycles. The summed E-state index contributed by atoms with van der Waals surface area (Å²) in [5.41, 5.74) is -2.30. The standard InChI is InChI=1S/C9H7ClN2O6/c1-2-18-9(13)7-6(11(14)15)4-3-5(10)8(7)12(16)17/h3-4H,2H2,1H3. The predicted molar refractivity (Wildman–Crippen MR) is 60.7 cm³/mol. The lowest BCUT2D eigenvalue weighted by molar-refractivity contribution is -0.394. The van der Waals surface area contributed by atoms with E-state index in [0.717, 1.165) is 12.1 Å². The highest BCUT2D eigenvalue weighted by atomic mass is 35.5. The molecule has 0 saturated heterocycles. The van der Waals surface area contributed by atoms with E-state index in [-0.39, 0.29) is 11.6 Å². The molecule has 0 spiro atoms. The predicted octanol–water partition coefficient (Wildman–Crippen LogP) is 2.33. The maximum Gasteiger partial charge on any atom is 0.352 e. The molecule has 0 aliphatic rings. The molecule has 1 rings (SSSR count). The Morgan fingerprint density at radius 2 is 1.94 bits per heavy atom. The molecule has 18 heavy (non-hydrogen) atoms. The van der Waals surface area contributed by atoms with Crippen LogP contribution in [0.5, 0.6) is 0 Å². The maximum absolute atomic E-state index is 11.6. The van der Waals surface area contributed by atoms with Crippen LogP contribution in [0.1, 0.15) is 17.3 Å². The molecule has 0 amide bonds. The third-order valence-corrected chi connectivity index (χ3v) is 2.27. The highest BCUT2D eigenvalue weighted by Crippen LogP contribution is 2.35. The van der Waals surface area contributed by atoms with E-state index >= 15 is 0 Å². The highest BCUT2D eigenvalue weighted by molar-refractivity contribution is 6.33. The Kier molecular flexibility index (Phi) is 4.16. The summed E-state index contributed by atoms with van der Waals surface area (Å²) in [6.45, 7) is 1.40.